The number of nitrogens with zero attached hydrogens (tertiary/aromatic N) is 3. The van der Waals surface area contributed by atoms with Crippen molar-refractivity contribution in [3.05, 3.63) is 46.7 Å². The van der Waals surface area contributed by atoms with Gasteiger partial charge in [-0.15, -0.1) is 0 Å². The summed E-state index contributed by atoms with van der Waals surface area (Å²) in [6, 6.07) is 8.06. The molecule has 2 heterocycles. The fourth-order valence-electron chi connectivity index (χ4n) is 3.12. The Balaban J connectivity index is 1.48. The predicted octanol–water partition coefficient (Wildman–Crippen LogP) is 2.71. The lowest BCUT2D eigenvalue weighted by atomic mass is 10.1. The summed E-state index contributed by atoms with van der Waals surface area (Å²) in [5.74, 6) is 0.108. The number of hydrogen-bond acceptors (Lipinski definition) is 3. The molecule has 0 spiro atoms. The summed E-state index contributed by atoms with van der Waals surface area (Å²) in [5, 5.41) is 8.11. The summed E-state index contributed by atoms with van der Waals surface area (Å²) in [6.07, 6.45) is 4.04. The lowest BCUT2D eigenvalue weighted by Gasteiger charge is -2.19. The highest BCUT2D eigenvalue weighted by atomic mass is 35.5. The van der Waals surface area contributed by atoms with Crippen LogP contribution in [-0.4, -0.2) is 34.8 Å². The highest BCUT2D eigenvalue weighted by Crippen LogP contribution is 2.23. The molecule has 2 aromatic rings. The van der Waals surface area contributed by atoms with Gasteiger partial charge in [-0.25, -0.2) is 0 Å². The first-order valence-electron chi connectivity index (χ1n) is 8.30. The van der Waals surface area contributed by atoms with E-state index in [2.05, 4.69) is 21.4 Å². The molecular weight excluding hydrogens is 324 g/mol. The van der Waals surface area contributed by atoms with Crippen LogP contribution in [-0.2, 0) is 18.3 Å². The van der Waals surface area contributed by atoms with Crippen LogP contribution in [0.1, 0.15) is 24.1 Å². The van der Waals surface area contributed by atoms with Crippen molar-refractivity contribution in [1.29, 1.82) is 0 Å². The monoisotopic (exact) mass is 346 g/mol. The topological polar surface area (TPSA) is 50.2 Å². The molecule has 0 unspecified atom stereocenters. The number of carbonyl (C=O) groups excluding carboxylic acids is 1. The number of aromatic nitrogens is 2. The largest absolute Gasteiger partial charge is 0.369 e. The molecule has 0 bridgehead atoms. The van der Waals surface area contributed by atoms with Gasteiger partial charge in [-0.2, -0.15) is 5.10 Å². The van der Waals surface area contributed by atoms with E-state index in [1.807, 2.05) is 43.0 Å². The fourth-order valence-corrected chi connectivity index (χ4v) is 3.31. The molecule has 5 nitrogen and oxygen atoms in total. The van der Waals surface area contributed by atoms with Gasteiger partial charge < -0.3 is 10.2 Å². The van der Waals surface area contributed by atoms with Gasteiger partial charge in [0.15, 0.2) is 0 Å². The van der Waals surface area contributed by atoms with Crippen LogP contribution in [0.15, 0.2) is 30.5 Å². The zero-order valence-corrected chi connectivity index (χ0v) is 14.9. The maximum Gasteiger partial charge on any atom is 0.220 e. The molecule has 1 aliphatic heterocycles. The maximum atomic E-state index is 12.2. The van der Waals surface area contributed by atoms with Crippen molar-refractivity contribution in [3.63, 3.8) is 0 Å². The molecule has 6 heteroatoms. The summed E-state index contributed by atoms with van der Waals surface area (Å²) in [7, 11) is 1.92. The summed E-state index contributed by atoms with van der Waals surface area (Å²) in [4.78, 5) is 14.5. The summed E-state index contributed by atoms with van der Waals surface area (Å²) in [6.45, 7) is 3.80. The van der Waals surface area contributed by atoms with Gasteiger partial charge in [0.1, 0.15) is 0 Å². The van der Waals surface area contributed by atoms with E-state index in [0.29, 0.717) is 6.42 Å². The smallest absolute Gasteiger partial charge is 0.220 e. The summed E-state index contributed by atoms with van der Waals surface area (Å²) in [5.41, 5.74) is 3.38. The zero-order valence-electron chi connectivity index (χ0n) is 14.1. The minimum Gasteiger partial charge on any atom is -0.369 e. The third kappa shape index (κ3) is 3.90. The highest BCUT2D eigenvalue weighted by Gasteiger charge is 2.24. The minimum atomic E-state index is 0.108. The molecule has 1 amide bonds. The average Bonchev–Trinajstić information content (AvgIpc) is 3.14. The van der Waals surface area contributed by atoms with Crippen LogP contribution in [0.3, 0.4) is 0 Å². The molecule has 1 atom stereocenters. The number of amides is 1. The van der Waals surface area contributed by atoms with Crippen LogP contribution in [0.2, 0.25) is 5.02 Å². The Morgan fingerprint density at radius 1 is 1.46 bits per heavy atom. The van der Waals surface area contributed by atoms with Crippen molar-refractivity contribution < 1.29 is 4.79 Å². The van der Waals surface area contributed by atoms with E-state index in [-0.39, 0.29) is 11.9 Å². The van der Waals surface area contributed by atoms with Crippen molar-refractivity contribution in [3.8, 4) is 0 Å². The van der Waals surface area contributed by atoms with Crippen LogP contribution < -0.4 is 10.2 Å². The Morgan fingerprint density at radius 2 is 2.29 bits per heavy atom. The van der Waals surface area contributed by atoms with Gasteiger partial charge in [-0.05, 0) is 43.5 Å². The van der Waals surface area contributed by atoms with Crippen molar-refractivity contribution in [1.82, 2.24) is 15.1 Å². The highest BCUT2D eigenvalue weighted by molar-refractivity contribution is 6.30. The molecule has 1 aromatic carbocycles. The van der Waals surface area contributed by atoms with Crippen molar-refractivity contribution in [2.75, 3.05) is 18.0 Å². The number of hydrogen-bond donors (Lipinski definition) is 1. The predicted molar refractivity (Wildman–Crippen MR) is 96.5 cm³/mol. The third-order valence-electron chi connectivity index (χ3n) is 4.69. The van der Waals surface area contributed by atoms with Gasteiger partial charge in [-0.3, -0.25) is 9.48 Å². The number of benzene rings is 1. The van der Waals surface area contributed by atoms with E-state index in [1.165, 1.54) is 0 Å². The van der Waals surface area contributed by atoms with Crippen LogP contribution >= 0.6 is 11.6 Å². The first-order chi connectivity index (χ1) is 11.5. The standard InChI is InChI=1S/C18H23ClN4O/c1-13-14(11-20-22(13)2)6-7-18(24)21-16-8-9-23(12-16)17-5-3-4-15(19)10-17/h3-5,10-11,16H,6-9,12H2,1-2H3,(H,21,24)/t16-/m0/s1. The molecule has 128 valence electrons. The van der Waals surface area contributed by atoms with Gasteiger partial charge in [-0.1, -0.05) is 17.7 Å². The van der Waals surface area contributed by atoms with E-state index in [9.17, 15) is 4.79 Å². The molecule has 1 saturated heterocycles. The normalized spacial score (nSPS) is 17.3. The van der Waals surface area contributed by atoms with E-state index < -0.39 is 0 Å². The molecule has 1 N–H and O–H groups in total. The lowest BCUT2D eigenvalue weighted by Crippen LogP contribution is -2.37. The first-order valence-corrected chi connectivity index (χ1v) is 8.68. The molecule has 1 aliphatic rings. The van der Waals surface area contributed by atoms with Crippen LogP contribution in [0, 0.1) is 6.92 Å². The van der Waals surface area contributed by atoms with E-state index >= 15 is 0 Å². The first kappa shape index (κ1) is 16.8. The van der Waals surface area contributed by atoms with E-state index in [4.69, 9.17) is 11.6 Å². The van der Waals surface area contributed by atoms with Gasteiger partial charge in [0.25, 0.3) is 0 Å². The van der Waals surface area contributed by atoms with Gasteiger partial charge >= 0.3 is 0 Å². The van der Waals surface area contributed by atoms with Crippen LogP contribution in [0.4, 0.5) is 5.69 Å². The third-order valence-corrected chi connectivity index (χ3v) is 4.92. The molecular formula is C18H23ClN4O. The van der Waals surface area contributed by atoms with E-state index in [0.717, 1.165) is 47.9 Å². The SMILES string of the molecule is Cc1c(CCC(=O)N[C@H]2CCN(c3cccc(Cl)c3)C2)cnn1C. The molecule has 0 radical (unpaired) electrons. The van der Waals surface area contributed by atoms with Gasteiger partial charge in [0, 0.05) is 49.0 Å². The van der Waals surface area contributed by atoms with Crippen molar-refractivity contribution in [2.24, 2.45) is 7.05 Å². The van der Waals surface area contributed by atoms with Crippen molar-refractivity contribution >= 4 is 23.2 Å². The second-order valence-corrected chi connectivity index (χ2v) is 6.79. The zero-order chi connectivity index (χ0) is 17.1. The molecule has 1 fully saturated rings. The second-order valence-electron chi connectivity index (χ2n) is 6.36. The van der Waals surface area contributed by atoms with Crippen LogP contribution in [0.5, 0.6) is 0 Å². The number of rotatable bonds is 5. The molecule has 0 saturated carbocycles. The van der Waals surface area contributed by atoms with Gasteiger partial charge in [0.2, 0.25) is 5.91 Å². The Morgan fingerprint density at radius 3 is 3.00 bits per heavy atom. The van der Waals surface area contributed by atoms with Crippen LogP contribution in [0.25, 0.3) is 0 Å². The molecule has 3 rings (SSSR count). The number of anilines is 1. The Kier molecular flexibility index (Phi) is 5.09. The minimum absolute atomic E-state index is 0.108. The average molecular weight is 347 g/mol. The molecule has 24 heavy (non-hydrogen) atoms. The Labute approximate surface area is 147 Å². The fraction of sp³-hybridized carbons (Fsp3) is 0.444. The lowest BCUT2D eigenvalue weighted by molar-refractivity contribution is -0.121. The maximum absolute atomic E-state index is 12.2. The quantitative estimate of drug-likeness (QED) is 0.905. The summed E-state index contributed by atoms with van der Waals surface area (Å²) < 4.78 is 1.84. The van der Waals surface area contributed by atoms with Crippen molar-refractivity contribution in [2.45, 2.75) is 32.2 Å². The number of carbonyl (C=O) groups is 1. The second kappa shape index (κ2) is 7.26. The Hall–Kier alpha value is -2.01. The number of halogens is 1. The summed E-state index contributed by atoms with van der Waals surface area (Å²) >= 11 is 6.05. The Bertz CT molecular complexity index is 728. The van der Waals surface area contributed by atoms with E-state index in [1.54, 1.807) is 0 Å². The number of aryl methyl sites for hydroxylation is 2. The molecule has 0 aliphatic carbocycles. The number of nitrogens with one attached hydrogen (secondary N) is 1. The molecule has 1 aromatic heterocycles. The van der Waals surface area contributed by atoms with Gasteiger partial charge in [0.05, 0.1) is 6.20 Å².